The third kappa shape index (κ3) is 5.92. The largest absolute Gasteiger partial charge is 0.490 e. The van der Waals surface area contributed by atoms with E-state index in [9.17, 15) is 19.2 Å². The van der Waals surface area contributed by atoms with Gasteiger partial charge in [-0.1, -0.05) is 24.3 Å². The van der Waals surface area contributed by atoms with Crippen molar-refractivity contribution < 1.29 is 28.7 Å². The molecule has 9 heteroatoms. The van der Waals surface area contributed by atoms with E-state index in [1.165, 1.54) is 0 Å². The van der Waals surface area contributed by atoms with Gasteiger partial charge < -0.3 is 14.4 Å². The molecule has 0 radical (unpaired) electrons. The van der Waals surface area contributed by atoms with Crippen LogP contribution in [0.4, 0.5) is 4.79 Å². The van der Waals surface area contributed by atoms with Crippen LogP contribution in [-0.4, -0.2) is 59.1 Å². The molecule has 4 rings (SSSR count). The third-order valence-corrected chi connectivity index (χ3v) is 6.56. The fourth-order valence-corrected chi connectivity index (χ4v) is 4.70. The highest BCUT2D eigenvalue weighted by molar-refractivity contribution is 8.18. The lowest BCUT2D eigenvalue weighted by Gasteiger charge is -2.27. The van der Waals surface area contributed by atoms with Crippen molar-refractivity contribution in [2.45, 2.75) is 26.2 Å². The van der Waals surface area contributed by atoms with Crippen LogP contribution in [0, 0.1) is 0 Å². The van der Waals surface area contributed by atoms with Gasteiger partial charge in [0.25, 0.3) is 11.1 Å². The molecule has 0 saturated carbocycles. The van der Waals surface area contributed by atoms with Gasteiger partial charge in [-0.05, 0) is 73.9 Å². The molecule has 2 aliphatic heterocycles. The van der Waals surface area contributed by atoms with E-state index in [2.05, 4.69) is 0 Å². The number of carbonyl (C=O) groups is 4. The van der Waals surface area contributed by atoms with Crippen molar-refractivity contribution in [3.63, 3.8) is 0 Å². The molecule has 0 bridgehead atoms. The molecule has 2 aliphatic rings. The van der Waals surface area contributed by atoms with Gasteiger partial charge in [0.15, 0.2) is 11.5 Å². The first-order chi connectivity index (χ1) is 17.0. The second-order valence-corrected chi connectivity index (χ2v) is 9.10. The molecular formula is C26H26N2O6S. The second kappa shape index (κ2) is 11.2. The number of nitrogens with zero attached hydrogens (tertiary/aromatic N) is 2. The first kappa shape index (κ1) is 24.5. The average molecular weight is 495 g/mol. The number of carbonyl (C=O) groups excluding carboxylic acids is 4. The highest BCUT2D eigenvalue weighted by atomic mass is 32.2. The molecule has 2 heterocycles. The highest BCUT2D eigenvalue weighted by Gasteiger charge is 2.37. The molecule has 8 nitrogen and oxygen atoms in total. The fraction of sp³-hybridized carbons (Fsp3) is 0.308. The first-order valence-corrected chi connectivity index (χ1v) is 12.3. The van der Waals surface area contributed by atoms with Gasteiger partial charge in [0, 0.05) is 13.1 Å². The van der Waals surface area contributed by atoms with Gasteiger partial charge in [0.1, 0.15) is 6.54 Å². The normalized spacial score (nSPS) is 17.1. The standard InChI is InChI=1S/C26H26N2O6S/c1-2-33-21-15-18(11-12-20(21)34-25(31)19-9-5-3-6-10-19)16-22-24(30)28(26(32)35-22)17-23(29)27-13-7-4-8-14-27/h3,5-6,9-12,15-16H,2,4,7-8,13-14,17H2,1H3/b22-16-. The molecule has 35 heavy (non-hydrogen) atoms. The van der Waals surface area contributed by atoms with Crippen molar-refractivity contribution in [1.82, 2.24) is 9.80 Å². The van der Waals surface area contributed by atoms with E-state index in [0.29, 0.717) is 36.6 Å². The van der Waals surface area contributed by atoms with Gasteiger partial charge >= 0.3 is 5.97 Å². The predicted molar refractivity (Wildman–Crippen MR) is 132 cm³/mol. The summed E-state index contributed by atoms with van der Waals surface area (Å²) in [6, 6.07) is 13.5. The Hall–Kier alpha value is -3.59. The van der Waals surface area contributed by atoms with E-state index in [4.69, 9.17) is 9.47 Å². The summed E-state index contributed by atoms with van der Waals surface area (Å²) >= 11 is 0.798. The fourth-order valence-electron chi connectivity index (χ4n) is 3.87. The lowest BCUT2D eigenvalue weighted by molar-refractivity contribution is -0.136. The minimum absolute atomic E-state index is 0.212. The number of likely N-dealkylation sites (tertiary alicyclic amines) is 1. The van der Waals surface area contributed by atoms with Crippen molar-refractivity contribution in [3.8, 4) is 11.5 Å². The molecule has 0 unspecified atom stereocenters. The molecule has 0 N–H and O–H groups in total. The summed E-state index contributed by atoms with van der Waals surface area (Å²) in [7, 11) is 0. The van der Waals surface area contributed by atoms with Crippen molar-refractivity contribution in [1.29, 1.82) is 0 Å². The number of esters is 1. The number of benzene rings is 2. The number of piperidine rings is 1. The van der Waals surface area contributed by atoms with Crippen LogP contribution < -0.4 is 9.47 Å². The summed E-state index contributed by atoms with van der Waals surface area (Å²) in [6.45, 7) is 3.22. The van der Waals surface area contributed by atoms with Gasteiger partial charge in [-0.25, -0.2) is 4.79 Å². The molecule has 0 aromatic heterocycles. The molecule has 2 aromatic rings. The molecule has 2 aromatic carbocycles. The number of hydrogen-bond acceptors (Lipinski definition) is 7. The quantitative estimate of drug-likeness (QED) is 0.321. The summed E-state index contributed by atoms with van der Waals surface area (Å²) in [5, 5.41) is -0.468. The predicted octanol–water partition coefficient (Wildman–Crippen LogP) is 4.35. The van der Waals surface area contributed by atoms with Crippen LogP contribution in [0.2, 0.25) is 0 Å². The summed E-state index contributed by atoms with van der Waals surface area (Å²) in [4.78, 5) is 53.2. The van der Waals surface area contributed by atoms with Crippen LogP contribution >= 0.6 is 11.8 Å². The maximum atomic E-state index is 12.9. The monoisotopic (exact) mass is 494 g/mol. The van der Waals surface area contributed by atoms with Crippen LogP contribution in [-0.2, 0) is 9.59 Å². The SMILES string of the molecule is CCOc1cc(/C=C2\SC(=O)N(CC(=O)N3CCCCC3)C2=O)ccc1OC(=O)c1ccccc1. The van der Waals surface area contributed by atoms with E-state index in [1.54, 1.807) is 60.4 Å². The second-order valence-electron chi connectivity index (χ2n) is 8.10. The van der Waals surface area contributed by atoms with Crippen molar-refractivity contribution in [3.05, 3.63) is 64.6 Å². The minimum Gasteiger partial charge on any atom is -0.490 e. The highest BCUT2D eigenvalue weighted by Crippen LogP contribution is 2.35. The van der Waals surface area contributed by atoms with Crippen molar-refractivity contribution in [2.24, 2.45) is 0 Å². The number of rotatable bonds is 7. The zero-order valence-corrected chi connectivity index (χ0v) is 20.2. The van der Waals surface area contributed by atoms with E-state index in [-0.39, 0.29) is 23.1 Å². The van der Waals surface area contributed by atoms with Crippen LogP contribution in [0.15, 0.2) is 53.4 Å². The van der Waals surface area contributed by atoms with E-state index in [0.717, 1.165) is 35.9 Å². The summed E-state index contributed by atoms with van der Waals surface area (Å²) in [5.41, 5.74) is 1.01. The topological polar surface area (TPSA) is 93.2 Å². The smallest absolute Gasteiger partial charge is 0.343 e. The molecule has 2 fully saturated rings. The van der Waals surface area contributed by atoms with Crippen molar-refractivity contribution >= 4 is 40.9 Å². The van der Waals surface area contributed by atoms with Crippen LogP contribution in [0.5, 0.6) is 11.5 Å². The zero-order valence-electron chi connectivity index (χ0n) is 19.4. The van der Waals surface area contributed by atoms with E-state index in [1.807, 2.05) is 6.07 Å². The summed E-state index contributed by atoms with van der Waals surface area (Å²) in [6.07, 6.45) is 4.53. The summed E-state index contributed by atoms with van der Waals surface area (Å²) < 4.78 is 11.1. The van der Waals surface area contributed by atoms with Gasteiger partial charge in [0.2, 0.25) is 5.91 Å². The lowest BCUT2D eigenvalue weighted by atomic mass is 10.1. The molecule has 0 spiro atoms. The van der Waals surface area contributed by atoms with Crippen LogP contribution in [0.3, 0.4) is 0 Å². The van der Waals surface area contributed by atoms with Crippen LogP contribution in [0.1, 0.15) is 42.1 Å². The number of thioether (sulfide) groups is 1. The Balaban J connectivity index is 1.48. The maximum absolute atomic E-state index is 12.9. The molecule has 182 valence electrons. The van der Waals surface area contributed by atoms with Crippen molar-refractivity contribution in [2.75, 3.05) is 26.2 Å². The van der Waals surface area contributed by atoms with Crippen LogP contribution in [0.25, 0.3) is 6.08 Å². The van der Waals surface area contributed by atoms with E-state index >= 15 is 0 Å². The molecular weight excluding hydrogens is 468 g/mol. The zero-order chi connectivity index (χ0) is 24.8. The number of ether oxygens (including phenoxy) is 2. The average Bonchev–Trinajstić information content (AvgIpc) is 3.14. The van der Waals surface area contributed by atoms with Gasteiger partial charge in [-0.15, -0.1) is 0 Å². The van der Waals surface area contributed by atoms with Gasteiger partial charge in [0.05, 0.1) is 17.1 Å². The minimum atomic E-state index is -0.515. The number of imide groups is 1. The van der Waals surface area contributed by atoms with Gasteiger partial charge in [-0.2, -0.15) is 0 Å². The number of amides is 3. The Morgan fingerprint density at radius 1 is 1.00 bits per heavy atom. The van der Waals surface area contributed by atoms with Gasteiger partial charge in [-0.3, -0.25) is 19.3 Å². The molecule has 0 aliphatic carbocycles. The number of hydrogen-bond donors (Lipinski definition) is 0. The Labute approximate surface area is 207 Å². The molecule has 2 saturated heterocycles. The Morgan fingerprint density at radius 3 is 2.46 bits per heavy atom. The Morgan fingerprint density at radius 2 is 1.74 bits per heavy atom. The Kier molecular flexibility index (Phi) is 7.87. The lowest BCUT2D eigenvalue weighted by Crippen LogP contribution is -2.44. The first-order valence-electron chi connectivity index (χ1n) is 11.5. The molecule has 0 atom stereocenters. The summed E-state index contributed by atoms with van der Waals surface area (Å²) in [5.74, 6) is -0.638. The third-order valence-electron chi connectivity index (χ3n) is 5.65. The van der Waals surface area contributed by atoms with E-state index < -0.39 is 17.1 Å². The maximum Gasteiger partial charge on any atom is 0.343 e. The Bertz CT molecular complexity index is 1160. The molecule has 3 amide bonds.